The molecular weight excluding hydrogens is 332 g/mol. The Labute approximate surface area is 154 Å². The molecule has 4 rings (SSSR count). The van der Waals surface area contributed by atoms with Crippen molar-refractivity contribution in [2.75, 3.05) is 39.9 Å². The molecule has 1 spiro atoms. The van der Waals surface area contributed by atoms with E-state index in [9.17, 15) is 9.59 Å². The number of piperidine rings is 1. The van der Waals surface area contributed by atoms with E-state index in [0.717, 1.165) is 36.3 Å². The van der Waals surface area contributed by atoms with E-state index in [2.05, 4.69) is 0 Å². The van der Waals surface area contributed by atoms with Crippen LogP contribution in [0.2, 0.25) is 0 Å². The Hall–Kier alpha value is -2.08. The van der Waals surface area contributed by atoms with E-state index in [1.54, 1.807) is 4.90 Å². The van der Waals surface area contributed by atoms with Crippen molar-refractivity contribution in [2.45, 2.75) is 37.7 Å². The summed E-state index contributed by atoms with van der Waals surface area (Å²) >= 11 is 0. The van der Waals surface area contributed by atoms with Crippen LogP contribution < -0.4 is 4.74 Å². The maximum Gasteiger partial charge on any atom is 0.253 e. The summed E-state index contributed by atoms with van der Waals surface area (Å²) in [5.74, 6) is 1.10. The molecule has 0 saturated carbocycles. The van der Waals surface area contributed by atoms with Crippen LogP contribution in [0.5, 0.6) is 5.75 Å². The van der Waals surface area contributed by atoms with Gasteiger partial charge in [0.25, 0.3) is 5.91 Å². The lowest BCUT2D eigenvalue weighted by molar-refractivity contribution is -0.134. The minimum Gasteiger partial charge on any atom is -0.493 e. The standard InChI is InChI=1S/C20H26N2O4/c1-21-10-12-26-20(14-18(21)23)6-8-22(9-7-20)19(24)16-4-5-17-15(13-16)3-2-11-25-17/h4-5,13H,2-3,6-12,14H2,1H3. The highest BCUT2D eigenvalue weighted by Gasteiger charge is 2.41. The average molecular weight is 358 g/mol. The van der Waals surface area contributed by atoms with E-state index in [4.69, 9.17) is 9.47 Å². The Morgan fingerprint density at radius 2 is 1.96 bits per heavy atom. The number of likely N-dealkylation sites (tertiary alicyclic amines) is 1. The van der Waals surface area contributed by atoms with Crippen molar-refractivity contribution >= 4 is 11.8 Å². The highest BCUT2D eigenvalue weighted by Crippen LogP contribution is 2.33. The Kier molecular flexibility index (Phi) is 4.61. The van der Waals surface area contributed by atoms with E-state index in [1.807, 2.05) is 30.1 Å². The van der Waals surface area contributed by atoms with Crippen LogP contribution in [0.3, 0.4) is 0 Å². The second-order valence-electron chi connectivity index (χ2n) is 7.59. The summed E-state index contributed by atoms with van der Waals surface area (Å²) in [6.45, 7) is 3.22. The fourth-order valence-electron chi connectivity index (χ4n) is 4.10. The zero-order valence-corrected chi connectivity index (χ0v) is 15.3. The molecule has 2 fully saturated rings. The van der Waals surface area contributed by atoms with Crippen molar-refractivity contribution in [1.29, 1.82) is 0 Å². The smallest absolute Gasteiger partial charge is 0.253 e. The highest BCUT2D eigenvalue weighted by molar-refractivity contribution is 5.94. The summed E-state index contributed by atoms with van der Waals surface area (Å²) in [7, 11) is 1.82. The molecule has 140 valence electrons. The number of hydrogen-bond donors (Lipinski definition) is 0. The first-order valence-electron chi connectivity index (χ1n) is 9.49. The number of aryl methyl sites for hydroxylation is 1. The van der Waals surface area contributed by atoms with E-state index >= 15 is 0 Å². The van der Waals surface area contributed by atoms with Gasteiger partial charge in [0.15, 0.2) is 0 Å². The fourth-order valence-corrected chi connectivity index (χ4v) is 4.10. The predicted octanol–water partition coefficient (Wildman–Crippen LogP) is 1.87. The maximum absolute atomic E-state index is 12.9. The molecule has 26 heavy (non-hydrogen) atoms. The number of ether oxygens (including phenoxy) is 2. The van der Waals surface area contributed by atoms with Crippen molar-refractivity contribution in [3.63, 3.8) is 0 Å². The molecule has 3 heterocycles. The topological polar surface area (TPSA) is 59.1 Å². The van der Waals surface area contributed by atoms with Gasteiger partial charge in [-0.1, -0.05) is 0 Å². The number of benzene rings is 1. The number of carbonyl (C=O) groups is 2. The second-order valence-corrected chi connectivity index (χ2v) is 7.59. The summed E-state index contributed by atoms with van der Waals surface area (Å²) in [5, 5.41) is 0. The van der Waals surface area contributed by atoms with E-state index in [1.165, 1.54) is 0 Å². The molecular formula is C20H26N2O4. The highest BCUT2D eigenvalue weighted by atomic mass is 16.5. The third-order valence-corrected chi connectivity index (χ3v) is 5.85. The first kappa shape index (κ1) is 17.3. The van der Waals surface area contributed by atoms with Crippen LogP contribution >= 0.6 is 0 Å². The molecule has 1 aromatic rings. The fraction of sp³-hybridized carbons (Fsp3) is 0.600. The molecule has 0 aromatic heterocycles. The van der Waals surface area contributed by atoms with Crippen LogP contribution in [0.4, 0.5) is 0 Å². The number of fused-ring (bicyclic) bond motifs is 1. The van der Waals surface area contributed by atoms with Crippen LogP contribution in [-0.4, -0.2) is 67.1 Å². The SMILES string of the molecule is CN1CCOC2(CCN(C(=O)c3ccc4c(c3)CCCO4)CC2)CC1=O. The first-order valence-corrected chi connectivity index (χ1v) is 9.49. The predicted molar refractivity (Wildman–Crippen MR) is 96.3 cm³/mol. The largest absolute Gasteiger partial charge is 0.493 e. The van der Waals surface area contributed by atoms with Crippen molar-refractivity contribution in [2.24, 2.45) is 0 Å². The van der Waals surface area contributed by atoms with Gasteiger partial charge >= 0.3 is 0 Å². The van der Waals surface area contributed by atoms with Crippen molar-refractivity contribution in [3.8, 4) is 5.75 Å². The van der Waals surface area contributed by atoms with Crippen molar-refractivity contribution < 1.29 is 19.1 Å². The number of rotatable bonds is 1. The van der Waals surface area contributed by atoms with Gasteiger partial charge in [-0.2, -0.15) is 0 Å². The van der Waals surface area contributed by atoms with Gasteiger partial charge in [0.05, 0.1) is 25.2 Å². The molecule has 0 aliphatic carbocycles. The van der Waals surface area contributed by atoms with Crippen LogP contribution in [0, 0.1) is 0 Å². The van der Waals surface area contributed by atoms with Gasteiger partial charge in [0.2, 0.25) is 5.91 Å². The summed E-state index contributed by atoms with van der Waals surface area (Å²) in [4.78, 5) is 28.8. The summed E-state index contributed by atoms with van der Waals surface area (Å²) in [5.41, 5.74) is 1.45. The molecule has 1 aromatic carbocycles. The third kappa shape index (κ3) is 3.30. The summed E-state index contributed by atoms with van der Waals surface area (Å²) in [6.07, 6.45) is 3.81. The molecule has 0 radical (unpaired) electrons. The van der Waals surface area contributed by atoms with Crippen molar-refractivity contribution in [3.05, 3.63) is 29.3 Å². The Balaban J connectivity index is 1.43. The maximum atomic E-state index is 12.9. The van der Waals surface area contributed by atoms with Crippen LogP contribution in [0.15, 0.2) is 18.2 Å². The molecule has 2 saturated heterocycles. The molecule has 0 N–H and O–H groups in total. The van der Waals surface area contributed by atoms with Gasteiger partial charge in [-0.3, -0.25) is 9.59 Å². The molecule has 0 atom stereocenters. The molecule has 2 amide bonds. The summed E-state index contributed by atoms with van der Waals surface area (Å²) < 4.78 is 11.7. The van der Waals surface area contributed by atoms with Gasteiger partial charge in [0.1, 0.15) is 5.75 Å². The van der Waals surface area contributed by atoms with Gasteiger partial charge < -0.3 is 19.3 Å². The lowest BCUT2D eigenvalue weighted by Gasteiger charge is -2.40. The van der Waals surface area contributed by atoms with E-state index in [-0.39, 0.29) is 11.8 Å². The van der Waals surface area contributed by atoms with Crippen LogP contribution in [-0.2, 0) is 16.0 Å². The van der Waals surface area contributed by atoms with Crippen LogP contribution in [0.25, 0.3) is 0 Å². The number of carbonyl (C=O) groups excluding carboxylic acids is 2. The van der Waals surface area contributed by atoms with Gasteiger partial charge in [-0.15, -0.1) is 0 Å². The Morgan fingerprint density at radius 1 is 1.15 bits per heavy atom. The van der Waals surface area contributed by atoms with Gasteiger partial charge in [-0.25, -0.2) is 0 Å². The zero-order chi connectivity index (χ0) is 18.1. The molecule has 3 aliphatic heterocycles. The van der Waals surface area contributed by atoms with E-state index < -0.39 is 5.60 Å². The van der Waals surface area contributed by atoms with E-state index in [0.29, 0.717) is 45.5 Å². The molecule has 3 aliphatic rings. The normalized spacial score (nSPS) is 22.6. The van der Waals surface area contributed by atoms with Crippen LogP contribution in [0.1, 0.15) is 41.6 Å². The minimum atomic E-state index is -0.400. The number of likely N-dealkylation sites (N-methyl/N-ethyl adjacent to an activating group) is 1. The number of hydrogen-bond acceptors (Lipinski definition) is 4. The Bertz CT molecular complexity index is 710. The second kappa shape index (κ2) is 6.91. The molecule has 6 heteroatoms. The minimum absolute atomic E-state index is 0.0605. The van der Waals surface area contributed by atoms with Gasteiger partial charge in [0, 0.05) is 32.2 Å². The first-order chi connectivity index (χ1) is 12.6. The summed E-state index contributed by atoms with van der Waals surface area (Å²) in [6, 6.07) is 5.75. The van der Waals surface area contributed by atoms with Crippen molar-refractivity contribution in [1.82, 2.24) is 9.80 Å². The molecule has 0 bridgehead atoms. The zero-order valence-electron chi connectivity index (χ0n) is 15.3. The third-order valence-electron chi connectivity index (χ3n) is 5.85. The number of nitrogens with zero attached hydrogens (tertiary/aromatic N) is 2. The average Bonchev–Trinajstić information content (AvgIpc) is 2.80. The molecule has 6 nitrogen and oxygen atoms in total. The monoisotopic (exact) mass is 358 g/mol. The lowest BCUT2D eigenvalue weighted by atomic mass is 9.87. The van der Waals surface area contributed by atoms with Gasteiger partial charge in [-0.05, 0) is 49.4 Å². The molecule has 0 unspecified atom stereocenters. The lowest BCUT2D eigenvalue weighted by Crippen LogP contribution is -2.49. The Morgan fingerprint density at radius 3 is 2.77 bits per heavy atom. The quantitative estimate of drug-likeness (QED) is 0.769. The number of amides is 2.